The molecule has 4 nitrogen and oxygen atoms in total. The molecule has 0 radical (unpaired) electrons. The van der Waals surface area contributed by atoms with Crippen molar-refractivity contribution < 1.29 is 17.9 Å². The van der Waals surface area contributed by atoms with E-state index in [1.54, 1.807) is 18.2 Å². The van der Waals surface area contributed by atoms with Crippen molar-refractivity contribution in [3.63, 3.8) is 0 Å². The Labute approximate surface area is 160 Å². The summed E-state index contributed by atoms with van der Waals surface area (Å²) in [5.41, 5.74) is 1.33. The van der Waals surface area contributed by atoms with Crippen molar-refractivity contribution in [2.24, 2.45) is 0 Å². The average molecular weight is 390 g/mol. The van der Waals surface area contributed by atoms with E-state index in [1.165, 1.54) is 16.7 Å². The van der Waals surface area contributed by atoms with Gasteiger partial charge in [0.15, 0.2) is 11.6 Å². The van der Waals surface area contributed by atoms with Crippen LogP contribution >= 0.6 is 0 Å². The van der Waals surface area contributed by atoms with E-state index < -0.39 is 11.6 Å². The summed E-state index contributed by atoms with van der Waals surface area (Å²) in [6.07, 6.45) is 0. The van der Waals surface area contributed by atoms with Gasteiger partial charge in [-0.05, 0) is 36.8 Å². The predicted octanol–water partition coefficient (Wildman–Crippen LogP) is 3.75. The van der Waals surface area contributed by atoms with Crippen LogP contribution in [0.3, 0.4) is 0 Å². The summed E-state index contributed by atoms with van der Waals surface area (Å²) in [6.45, 7) is 3.53. The Bertz CT molecular complexity index is 1020. The first-order valence-electron chi connectivity index (χ1n) is 9.04. The fraction of sp³-hybridized carbons (Fsp3) is 0.286. The number of benzene rings is 2. The van der Waals surface area contributed by atoms with E-state index in [0.717, 1.165) is 17.7 Å². The molecule has 7 heteroatoms. The van der Waals surface area contributed by atoms with Crippen LogP contribution < -0.4 is 10.9 Å². The van der Waals surface area contributed by atoms with Crippen LogP contribution in [-0.2, 0) is 24.4 Å². The zero-order chi connectivity index (χ0) is 20.1. The Morgan fingerprint density at radius 2 is 1.71 bits per heavy atom. The van der Waals surface area contributed by atoms with Crippen LogP contribution in [0.4, 0.5) is 13.2 Å². The summed E-state index contributed by atoms with van der Waals surface area (Å²) in [5.74, 6) is -2.28. The molecule has 0 aliphatic carbocycles. The highest BCUT2D eigenvalue weighted by Crippen LogP contribution is 2.18. The number of fused-ring (bicyclic) bond motifs is 1. The molecule has 28 heavy (non-hydrogen) atoms. The minimum absolute atomic E-state index is 0.236. The monoisotopic (exact) mass is 390 g/mol. The number of nitrogens with one attached hydrogen (secondary N) is 1. The van der Waals surface area contributed by atoms with Gasteiger partial charge in [-0.15, -0.1) is 0 Å². The van der Waals surface area contributed by atoms with E-state index in [9.17, 15) is 18.0 Å². The van der Waals surface area contributed by atoms with Crippen LogP contribution in [0.25, 0.3) is 10.9 Å². The van der Waals surface area contributed by atoms with Crippen LogP contribution in [0.5, 0.6) is 0 Å². The Kier molecular flexibility index (Phi) is 6.49. The van der Waals surface area contributed by atoms with Crippen molar-refractivity contribution in [2.45, 2.75) is 26.6 Å². The highest BCUT2D eigenvalue weighted by molar-refractivity contribution is 5.80. The maximum Gasteiger partial charge on any atom is 0.255 e. The zero-order valence-corrected chi connectivity index (χ0v) is 15.5. The second-order valence-corrected chi connectivity index (χ2v) is 6.38. The van der Waals surface area contributed by atoms with Crippen molar-refractivity contribution in [1.82, 2.24) is 9.88 Å². The molecular formula is C21H21F3N2O2. The Hall–Kier alpha value is -2.64. The van der Waals surface area contributed by atoms with E-state index in [1.807, 2.05) is 6.92 Å². The molecule has 0 unspecified atom stereocenters. The second-order valence-electron chi connectivity index (χ2n) is 6.38. The zero-order valence-electron chi connectivity index (χ0n) is 15.5. The van der Waals surface area contributed by atoms with Gasteiger partial charge in [0.1, 0.15) is 5.82 Å². The van der Waals surface area contributed by atoms with Gasteiger partial charge in [0.05, 0.1) is 12.1 Å². The molecule has 0 fully saturated rings. The van der Waals surface area contributed by atoms with Gasteiger partial charge in [-0.1, -0.05) is 12.1 Å². The quantitative estimate of drug-likeness (QED) is 0.596. The molecule has 2 aromatic carbocycles. The molecule has 3 aromatic rings. The Balaban J connectivity index is 1.88. The Morgan fingerprint density at radius 3 is 2.43 bits per heavy atom. The fourth-order valence-corrected chi connectivity index (χ4v) is 3.03. The lowest BCUT2D eigenvalue weighted by molar-refractivity contribution is 0.139. The molecule has 1 aromatic heterocycles. The lowest BCUT2D eigenvalue weighted by atomic mass is 10.1. The first-order valence-corrected chi connectivity index (χ1v) is 9.04. The number of pyridine rings is 1. The third kappa shape index (κ3) is 4.61. The van der Waals surface area contributed by atoms with Crippen LogP contribution in [0.15, 0.2) is 47.3 Å². The molecule has 0 saturated carbocycles. The molecule has 148 valence electrons. The molecule has 0 amide bonds. The Morgan fingerprint density at radius 1 is 1.00 bits per heavy atom. The van der Waals surface area contributed by atoms with Gasteiger partial charge >= 0.3 is 0 Å². The number of nitrogens with zero attached hydrogens (tertiary/aromatic N) is 1. The number of hydrogen-bond donors (Lipinski definition) is 1. The number of rotatable bonds is 8. The standard InChI is InChI=1S/C21H21F3N2O2/c1-2-28-8-7-26-20-11-19(24)18(23)10-15(20)9-16(21(26)27)13-25-12-14-3-5-17(22)6-4-14/h3-6,9-11,25H,2,7-8,12-13H2,1H3. The van der Waals surface area contributed by atoms with Crippen molar-refractivity contribution in [3.8, 4) is 0 Å². The molecule has 0 saturated heterocycles. The fourth-order valence-electron chi connectivity index (χ4n) is 3.03. The first-order chi connectivity index (χ1) is 13.5. The van der Waals surface area contributed by atoms with Crippen LogP contribution in [-0.4, -0.2) is 17.8 Å². The lowest BCUT2D eigenvalue weighted by Gasteiger charge is -2.14. The van der Waals surface area contributed by atoms with E-state index in [0.29, 0.717) is 29.6 Å². The van der Waals surface area contributed by atoms with Gasteiger partial charge < -0.3 is 14.6 Å². The third-order valence-electron chi connectivity index (χ3n) is 4.43. The molecule has 0 atom stereocenters. The molecule has 1 N–H and O–H groups in total. The summed E-state index contributed by atoms with van der Waals surface area (Å²) in [5, 5.41) is 3.57. The van der Waals surface area contributed by atoms with Crippen LogP contribution in [0, 0.1) is 17.5 Å². The van der Waals surface area contributed by atoms with Crippen LogP contribution in [0.1, 0.15) is 18.1 Å². The van der Waals surface area contributed by atoms with Gasteiger partial charge in [-0.2, -0.15) is 0 Å². The van der Waals surface area contributed by atoms with Gasteiger partial charge in [0, 0.05) is 43.3 Å². The molecule has 0 bridgehead atoms. The number of hydrogen-bond acceptors (Lipinski definition) is 3. The van der Waals surface area contributed by atoms with Crippen molar-refractivity contribution >= 4 is 10.9 Å². The summed E-state index contributed by atoms with van der Waals surface area (Å²) in [7, 11) is 0. The summed E-state index contributed by atoms with van der Waals surface area (Å²) >= 11 is 0. The SMILES string of the molecule is CCOCCn1c(=O)c(CNCc2ccc(F)cc2)cc2cc(F)c(F)cc21. The number of ether oxygens (including phenoxy) is 1. The molecule has 0 aliphatic heterocycles. The largest absolute Gasteiger partial charge is 0.380 e. The van der Waals surface area contributed by atoms with Crippen molar-refractivity contribution in [3.05, 3.63) is 81.4 Å². The molecule has 0 aliphatic rings. The summed E-state index contributed by atoms with van der Waals surface area (Å²) in [4.78, 5) is 12.9. The molecule has 3 rings (SSSR count). The summed E-state index contributed by atoms with van der Waals surface area (Å²) in [6, 6.07) is 9.73. The normalized spacial score (nSPS) is 11.3. The highest BCUT2D eigenvalue weighted by atomic mass is 19.2. The van der Waals surface area contributed by atoms with E-state index in [-0.39, 0.29) is 31.1 Å². The maximum absolute atomic E-state index is 13.7. The van der Waals surface area contributed by atoms with Gasteiger partial charge in [0.25, 0.3) is 5.56 Å². The molecular weight excluding hydrogens is 369 g/mol. The van der Waals surface area contributed by atoms with E-state index in [4.69, 9.17) is 4.74 Å². The number of halogens is 3. The minimum atomic E-state index is -1.00. The highest BCUT2D eigenvalue weighted by Gasteiger charge is 2.13. The lowest BCUT2D eigenvalue weighted by Crippen LogP contribution is -2.29. The molecule has 0 spiro atoms. The van der Waals surface area contributed by atoms with Gasteiger partial charge in [0.2, 0.25) is 0 Å². The predicted molar refractivity (Wildman–Crippen MR) is 102 cm³/mol. The first kappa shape index (κ1) is 20.1. The minimum Gasteiger partial charge on any atom is -0.380 e. The van der Waals surface area contributed by atoms with Crippen molar-refractivity contribution in [2.75, 3.05) is 13.2 Å². The van der Waals surface area contributed by atoms with Gasteiger partial charge in [-0.25, -0.2) is 13.2 Å². The summed E-state index contributed by atoms with van der Waals surface area (Å²) < 4.78 is 47.1. The van der Waals surface area contributed by atoms with Gasteiger partial charge in [-0.3, -0.25) is 4.79 Å². The molecule has 1 heterocycles. The number of aromatic nitrogens is 1. The smallest absolute Gasteiger partial charge is 0.255 e. The maximum atomic E-state index is 13.7. The second kappa shape index (κ2) is 9.03. The third-order valence-corrected chi connectivity index (χ3v) is 4.43. The van der Waals surface area contributed by atoms with E-state index >= 15 is 0 Å². The van der Waals surface area contributed by atoms with Crippen molar-refractivity contribution in [1.29, 1.82) is 0 Å². The van der Waals surface area contributed by atoms with Crippen LogP contribution in [0.2, 0.25) is 0 Å². The topological polar surface area (TPSA) is 43.3 Å². The average Bonchev–Trinajstić information content (AvgIpc) is 2.67. The van der Waals surface area contributed by atoms with E-state index in [2.05, 4.69) is 5.32 Å².